The Morgan fingerprint density at radius 2 is 2.00 bits per heavy atom. The lowest BCUT2D eigenvalue weighted by Gasteiger charge is -2.18. The SMILES string of the molecule is Cc1ncc(-c2c(C(F)F)ccc(Cl)c2F)nc1C(=O)Nc1cnn(Cc2ncc(N3C[C@H]4C[C@H]4C3=O)cc2F)c1. The molecule has 1 aromatic carbocycles. The highest BCUT2D eigenvalue weighted by Gasteiger charge is 2.52. The van der Waals surface area contributed by atoms with E-state index >= 15 is 0 Å². The first-order valence-corrected chi connectivity index (χ1v) is 12.9. The van der Waals surface area contributed by atoms with E-state index in [4.69, 9.17) is 11.6 Å². The van der Waals surface area contributed by atoms with Crippen molar-refractivity contribution in [1.82, 2.24) is 24.7 Å². The number of aryl methyl sites for hydroxylation is 1. The summed E-state index contributed by atoms with van der Waals surface area (Å²) in [5, 5.41) is 6.30. The monoisotopic (exact) mass is 585 g/mol. The summed E-state index contributed by atoms with van der Waals surface area (Å²) in [6.45, 7) is 1.99. The van der Waals surface area contributed by atoms with E-state index in [-0.39, 0.29) is 51.9 Å². The molecule has 1 aliphatic carbocycles. The molecular weight excluding hydrogens is 566 g/mol. The quantitative estimate of drug-likeness (QED) is 0.299. The molecule has 1 saturated carbocycles. The van der Waals surface area contributed by atoms with E-state index in [2.05, 4.69) is 25.4 Å². The Balaban J connectivity index is 1.18. The highest BCUT2D eigenvalue weighted by atomic mass is 35.5. The standard InChI is InChI=1S/C27H20ClF4N7O2/c1-12-24(37-20(8-33-12)22-16(25(31)32)2-3-18(28)23(22)30)26(40)36-14-6-35-38(10-14)11-21-19(29)5-15(7-34-21)39-9-13-4-17(13)27(39)41/h2-3,5-8,10,13,17,25H,4,9,11H2,1H3,(H,36,40)/t13-,17-/m1/s1. The molecule has 0 unspecified atom stereocenters. The molecule has 2 fully saturated rings. The number of amides is 2. The van der Waals surface area contributed by atoms with Crippen LogP contribution < -0.4 is 10.2 Å². The Morgan fingerprint density at radius 3 is 2.71 bits per heavy atom. The van der Waals surface area contributed by atoms with Crippen LogP contribution in [0.1, 0.15) is 40.3 Å². The summed E-state index contributed by atoms with van der Waals surface area (Å²) in [6, 6.07) is 3.27. The van der Waals surface area contributed by atoms with Gasteiger partial charge in [0, 0.05) is 35.9 Å². The molecule has 1 N–H and O–H groups in total. The zero-order valence-electron chi connectivity index (χ0n) is 21.3. The molecule has 3 aromatic heterocycles. The van der Waals surface area contributed by atoms with Crippen LogP contribution >= 0.6 is 11.6 Å². The third kappa shape index (κ3) is 5.01. The van der Waals surface area contributed by atoms with E-state index in [1.807, 2.05) is 0 Å². The first-order chi connectivity index (χ1) is 19.6. The number of nitrogens with zero attached hydrogens (tertiary/aromatic N) is 6. The summed E-state index contributed by atoms with van der Waals surface area (Å²) < 4.78 is 58.0. The number of hydrogen-bond donors (Lipinski definition) is 1. The van der Waals surface area contributed by atoms with Crippen molar-refractivity contribution in [3.63, 3.8) is 0 Å². The minimum atomic E-state index is -3.02. The van der Waals surface area contributed by atoms with Crippen LogP contribution in [0.3, 0.4) is 0 Å². The van der Waals surface area contributed by atoms with Crippen molar-refractivity contribution in [1.29, 1.82) is 0 Å². The van der Waals surface area contributed by atoms with Gasteiger partial charge in [-0.15, -0.1) is 0 Å². The van der Waals surface area contributed by atoms with Gasteiger partial charge in [0.15, 0.2) is 5.82 Å². The van der Waals surface area contributed by atoms with Crippen molar-refractivity contribution in [2.45, 2.75) is 26.3 Å². The predicted octanol–water partition coefficient (Wildman–Crippen LogP) is 5.20. The van der Waals surface area contributed by atoms with E-state index in [1.54, 1.807) is 4.90 Å². The van der Waals surface area contributed by atoms with E-state index < -0.39 is 35.1 Å². The molecule has 9 nitrogen and oxygen atoms in total. The van der Waals surface area contributed by atoms with Gasteiger partial charge in [-0.3, -0.25) is 24.2 Å². The molecule has 4 aromatic rings. The van der Waals surface area contributed by atoms with Gasteiger partial charge in [-0.05, 0) is 25.3 Å². The third-order valence-electron chi connectivity index (χ3n) is 7.13. The molecule has 0 spiro atoms. The molecule has 6 rings (SSSR count). The average molecular weight is 586 g/mol. The van der Waals surface area contributed by atoms with E-state index in [0.29, 0.717) is 18.2 Å². The lowest BCUT2D eigenvalue weighted by Crippen LogP contribution is -2.28. The number of carbonyl (C=O) groups is 2. The lowest BCUT2D eigenvalue weighted by molar-refractivity contribution is -0.118. The molecule has 2 aliphatic rings. The molecular formula is C27H20ClF4N7O2. The molecule has 41 heavy (non-hydrogen) atoms. The topological polar surface area (TPSA) is 106 Å². The van der Waals surface area contributed by atoms with Crippen LogP contribution in [0.4, 0.5) is 28.9 Å². The largest absolute Gasteiger partial charge is 0.318 e. The minimum absolute atomic E-state index is 0.00552. The molecule has 14 heteroatoms. The zero-order valence-corrected chi connectivity index (χ0v) is 22.0. The minimum Gasteiger partial charge on any atom is -0.318 e. The molecule has 2 atom stereocenters. The Hall–Kier alpha value is -4.39. The zero-order chi connectivity index (χ0) is 29.0. The summed E-state index contributed by atoms with van der Waals surface area (Å²) in [5.74, 6) is -2.08. The molecule has 0 bridgehead atoms. The number of piperidine rings is 1. The fourth-order valence-electron chi connectivity index (χ4n) is 4.88. The molecule has 210 valence electrons. The predicted molar refractivity (Wildman–Crippen MR) is 140 cm³/mol. The summed E-state index contributed by atoms with van der Waals surface area (Å²) in [7, 11) is 0. The van der Waals surface area contributed by atoms with Gasteiger partial charge >= 0.3 is 0 Å². The van der Waals surface area contributed by atoms with Gasteiger partial charge in [-0.25, -0.2) is 22.5 Å². The van der Waals surface area contributed by atoms with Crippen molar-refractivity contribution < 1.29 is 27.2 Å². The average Bonchev–Trinajstić information content (AvgIpc) is 3.46. The maximum Gasteiger partial charge on any atom is 0.276 e. The summed E-state index contributed by atoms with van der Waals surface area (Å²) in [6.07, 6.45) is 3.15. The second-order valence-electron chi connectivity index (χ2n) is 9.87. The highest BCUT2D eigenvalue weighted by Crippen LogP contribution is 2.47. The summed E-state index contributed by atoms with van der Waals surface area (Å²) in [4.78, 5) is 39.1. The van der Waals surface area contributed by atoms with Crippen molar-refractivity contribution in [3.05, 3.63) is 82.3 Å². The second kappa shape index (κ2) is 10.2. The number of nitrogens with one attached hydrogen (secondary N) is 1. The van der Waals surface area contributed by atoms with Gasteiger partial charge in [0.2, 0.25) is 5.91 Å². The van der Waals surface area contributed by atoms with Crippen LogP contribution in [0.25, 0.3) is 11.3 Å². The number of hydrogen-bond acceptors (Lipinski definition) is 6. The number of fused-ring (bicyclic) bond motifs is 1. The maximum atomic E-state index is 14.8. The number of anilines is 2. The molecule has 1 aliphatic heterocycles. The Morgan fingerprint density at radius 1 is 1.20 bits per heavy atom. The van der Waals surface area contributed by atoms with Crippen LogP contribution in [0, 0.1) is 30.4 Å². The first-order valence-electron chi connectivity index (χ1n) is 12.5. The van der Waals surface area contributed by atoms with Crippen molar-refractivity contribution >= 4 is 34.8 Å². The number of halogens is 5. The number of carbonyl (C=O) groups excluding carboxylic acids is 2. The van der Waals surface area contributed by atoms with E-state index in [9.17, 15) is 27.2 Å². The fourth-order valence-corrected chi connectivity index (χ4v) is 5.04. The van der Waals surface area contributed by atoms with Gasteiger partial charge in [-0.2, -0.15) is 5.10 Å². The van der Waals surface area contributed by atoms with E-state index in [0.717, 1.165) is 24.8 Å². The van der Waals surface area contributed by atoms with Gasteiger partial charge in [-0.1, -0.05) is 17.7 Å². The number of rotatable bonds is 7. The Bertz CT molecular complexity index is 1710. The molecule has 2 amide bonds. The van der Waals surface area contributed by atoms with Crippen LogP contribution in [0.15, 0.2) is 43.0 Å². The number of aromatic nitrogens is 5. The second-order valence-corrected chi connectivity index (χ2v) is 10.3. The lowest BCUT2D eigenvalue weighted by atomic mass is 10.0. The van der Waals surface area contributed by atoms with Gasteiger partial charge in [0.1, 0.15) is 11.5 Å². The van der Waals surface area contributed by atoms with Crippen LogP contribution in [0.2, 0.25) is 5.02 Å². The Labute approximate surface area is 235 Å². The molecule has 1 saturated heterocycles. The molecule has 4 heterocycles. The number of benzene rings is 1. The van der Waals surface area contributed by atoms with E-state index in [1.165, 1.54) is 36.3 Å². The number of pyridine rings is 1. The summed E-state index contributed by atoms with van der Waals surface area (Å²) in [5.41, 5.74) is -0.823. The normalized spacial score (nSPS) is 17.7. The van der Waals surface area contributed by atoms with Gasteiger partial charge < -0.3 is 10.2 Å². The van der Waals surface area contributed by atoms with Gasteiger partial charge in [0.05, 0.1) is 58.6 Å². The number of alkyl halides is 2. The maximum absolute atomic E-state index is 14.8. The van der Waals surface area contributed by atoms with Gasteiger partial charge in [0.25, 0.3) is 12.3 Å². The van der Waals surface area contributed by atoms with Crippen LogP contribution in [-0.2, 0) is 11.3 Å². The summed E-state index contributed by atoms with van der Waals surface area (Å²) >= 11 is 5.80. The highest BCUT2D eigenvalue weighted by molar-refractivity contribution is 6.31. The fraction of sp³-hybridized carbons (Fsp3) is 0.259. The first kappa shape index (κ1) is 26.8. The van der Waals surface area contributed by atoms with Crippen molar-refractivity contribution in [2.24, 2.45) is 11.8 Å². The third-order valence-corrected chi connectivity index (χ3v) is 7.42. The van der Waals surface area contributed by atoms with Crippen molar-refractivity contribution in [3.8, 4) is 11.3 Å². The van der Waals surface area contributed by atoms with Crippen LogP contribution in [-0.4, -0.2) is 43.1 Å². The van der Waals surface area contributed by atoms with Crippen molar-refractivity contribution in [2.75, 3.05) is 16.8 Å². The smallest absolute Gasteiger partial charge is 0.276 e. The molecule has 0 radical (unpaired) electrons. The Kier molecular flexibility index (Phi) is 6.68. The van der Waals surface area contributed by atoms with Crippen LogP contribution in [0.5, 0.6) is 0 Å².